The number of carbonyl (C=O) groups excluding carboxylic acids is 1. The van der Waals surface area contributed by atoms with Gasteiger partial charge in [-0.2, -0.15) is 0 Å². The molecule has 1 spiro atoms. The lowest BCUT2D eigenvalue weighted by molar-refractivity contribution is -0.123. The lowest BCUT2D eigenvalue weighted by Gasteiger charge is -2.33. The van der Waals surface area contributed by atoms with E-state index in [1.54, 1.807) is 7.11 Å². The summed E-state index contributed by atoms with van der Waals surface area (Å²) in [4.78, 5) is 19.0. The van der Waals surface area contributed by atoms with Crippen LogP contribution in [0.25, 0.3) is 0 Å². The van der Waals surface area contributed by atoms with Crippen molar-refractivity contribution in [3.63, 3.8) is 0 Å². The van der Waals surface area contributed by atoms with Gasteiger partial charge in [-0.3, -0.25) is 4.79 Å². The molecular weight excluding hydrogens is 392 g/mol. The molecule has 0 bridgehead atoms. The van der Waals surface area contributed by atoms with E-state index < -0.39 is 0 Å². The molecule has 0 atom stereocenters. The van der Waals surface area contributed by atoms with Crippen LogP contribution in [0.2, 0.25) is 0 Å². The van der Waals surface area contributed by atoms with Crippen LogP contribution in [0.3, 0.4) is 0 Å². The monoisotopic (exact) mass is 430 g/mol. The Hall–Kier alpha value is -2.44. The summed E-state index contributed by atoms with van der Waals surface area (Å²) in [5.74, 6) is 2.03. The summed E-state index contributed by atoms with van der Waals surface area (Å²) in [6.07, 6.45) is 8.13. The molecule has 1 aromatic rings. The fraction of sp³-hybridized carbons (Fsp3) is 0.667. The van der Waals surface area contributed by atoms with Crippen molar-refractivity contribution in [2.45, 2.75) is 58.9 Å². The first-order chi connectivity index (χ1) is 15.1. The van der Waals surface area contributed by atoms with Crippen molar-refractivity contribution in [3.05, 3.63) is 23.8 Å². The number of nitrogens with zero attached hydrogens (tertiary/aromatic N) is 2. The molecule has 31 heavy (non-hydrogen) atoms. The molecular formula is C24H38N4O3. The van der Waals surface area contributed by atoms with Crippen LogP contribution >= 0.6 is 0 Å². The van der Waals surface area contributed by atoms with Gasteiger partial charge in [-0.25, -0.2) is 4.99 Å². The zero-order valence-electron chi connectivity index (χ0n) is 19.3. The minimum absolute atomic E-state index is 0.0248. The Kier molecular flexibility index (Phi) is 8.43. The molecule has 172 valence electrons. The largest absolute Gasteiger partial charge is 0.493 e. The average Bonchev–Trinajstić information content (AvgIpc) is 3.19. The van der Waals surface area contributed by atoms with Crippen LogP contribution in [0.15, 0.2) is 23.2 Å². The smallest absolute Gasteiger partial charge is 0.257 e. The predicted molar refractivity (Wildman–Crippen MR) is 124 cm³/mol. The Labute approximate surface area is 186 Å². The fourth-order valence-electron chi connectivity index (χ4n) is 4.74. The van der Waals surface area contributed by atoms with Crippen LogP contribution in [0.4, 0.5) is 0 Å². The Morgan fingerprint density at radius 3 is 2.58 bits per heavy atom. The van der Waals surface area contributed by atoms with E-state index in [9.17, 15) is 4.79 Å². The molecule has 1 aliphatic heterocycles. The Morgan fingerprint density at radius 2 is 1.87 bits per heavy atom. The van der Waals surface area contributed by atoms with Gasteiger partial charge in [0.15, 0.2) is 24.1 Å². The van der Waals surface area contributed by atoms with Crippen molar-refractivity contribution >= 4 is 11.9 Å². The number of nitrogens with one attached hydrogen (secondary N) is 2. The molecule has 2 N–H and O–H groups in total. The summed E-state index contributed by atoms with van der Waals surface area (Å²) >= 11 is 0. The van der Waals surface area contributed by atoms with Gasteiger partial charge < -0.3 is 25.0 Å². The SMILES string of the molecule is CCNC(=O)COc1ccc(CN=C(NCC)N2CCC3(CCCCC3)C2)cc1OC. The van der Waals surface area contributed by atoms with Gasteiger partial charge in [-0.1, -0.05) is 25.3 Å². The molecule has 1 amide bonds. The number of likely N-dealkylation sites (N-methyl/N-ethyl adjacent to an activating group) is 1. The summed E-state index contributed by atoms with van der Waals surface area (Å²) < 4.78 is 11.1. The predicted octanol–water partition coefficient (Wildman–Crippen LogP) is 3.33. The number of ether oxygens (including phenoxy) is 2. The van der Waals surface area contributed by atoms with Crippen LogP contribution in [-0.2, 0) is 11.3 Å². The van der Waals surface area contributed by atoms with E-state index >= 15 is 0 Å². The summed E-state index contributed by atoms with van der Waals surface area (Å²) in [6, 6.07) is 5.77. The van der Waals surface area contributed by atoms with E-state index in [0.717, 1.165) is 31.2 Å². The molecule has 0 aromatic heterocycles. The number of hydrogen-bond acceptors (Lipinski definition) is 4. The first-order valence-corrected chi connectivity index (χ1v) is 11.7. The van der Waals surface area contributed by atoms with E-state index in [-0.39, 0.29) is 12.5 Å². The quantitative estimate of drug-likeness (QED) is 0.489. The van der Waals surface area contributed by atoms with E-state index in [0.29, 0.717) is 30.0 Å². The average molecular weight is 431 g/mol. The van der Waals surface area contributed by atoms with Crippen molar-refractivity contribution in [3.8, 4) is 11.5 Å². The second kappa shape index (κ2) is 11.3. The number of benzene rings is 1. The van der Waals surface area contributed by atoms with Crippen molar-refractivity contribution < 1.29 is 14.3 Å². The summed E-state index contributed by atoms with van der Waals surface area (Å²) in [6.45, 7) is 8.19. The number of carbonyl (C=O) groups is 1. The molecule has 1 aromatic carbocycles. The third-order valence-corrected chi connectivity index (χ3v) is 6.36. The van der Waals surface area contributed by atoms with Crippen LogP contribution in [0, 0.1) is 5.41 Å². The van der Waals surface area contributed by atoms with E-state index in [4.69, 9.17) is 14.5 Å². The fourth-order valence-corrected chi connectivity index (χ4v) is 4.74. The highest BCUT2D eigenvalue weighted by atomic mass is 16.5. The Balaban J connectivity index is 1.64. The molecule has 0 radical (unpaired) electrons. The molecule has 2 aliphatic rings. The van der Waals surface area contributed by atoms with E-state index in [2.05, 4.69) is 22.5 Å². The highest BCUT2D eigenvalue weighted by molar-refractivity contribution is 5.80. The minimum atomic E-state index is -0.144. The number of methoxy groups -OCH3 is 1. The first kappa shape index (κ1) is 23.2. The maximum Gasteiger partial charge on any atom is 0.257 e. The van der Waals surface area contributed by atoms with Gasteiger partial charge in [-0.15, -0.1) is 0 Å². The molecule has 1 heterocycles. The van der Waals surface area contributed by atoms with Gasteiger partial charge in [0.25, 0.3) is 5.91 Å². The maximum atomic E-state index is 11.7. The van der Waals surface area contributed by atoms with Crippen LogP contribution < -0.4 is 20.1 Å². The standard InChI is InChI=1S/C24H38N4O3/c1-4-25-22(29)17-31-20-10-9-19(15-21(20)30-3)16-27-23(26-5-2)28-14-13-24(18-28)11-7-6-8-12-24/h9-10,15H,4-8,11-14,16-18H2,1-3H3,(H,25,29)(H,26,27). The van der Waals surface area contributed by atoms with E-state index in [1.807, 2.05) is 25.1 Å². The number of guanidine groups is 1. The van der Waals surface area contributed by atoms with Crippen LogP contribution in [-0.4, -0.2) is 56.7 Å². The maximum absolute atomic E-state index is 11.7. The summed E-state index contributed by atoms with van der Waals surface area (Å²) in [7, 11) is 1.61. The van der Waals surface area contributed by atoms with Gasteiger partial charge in [-0.05, 0) is 56.2 Å². The molecule has 1 saturated carbocycles. The molecule has 0 unspecified atom stereocenters. The van der Waals surface area contributed by atoms with E-state index in [1.165, 1.54) is 38.5 Å². The van der Waals surface area contributed by atoms with Gasteiger partial charge in [0.2, 0.25) is 0 Å². The van der Waals surface area contributed by atoms with Crippen LogP contribution in [0.5, 0.6) is 11.5 Å². The summed E-state index contributed by atoms with van der Waals surface area (Å²) in [5, 5.41) is 6.20. The number of likely N-dealkylation sites (tertiary alicyclic amines) is 1. The Bertz CT molecular complexity index is 759. The zero-order valence-corrected chi connectivity index (χ0v) is 19.3. The lowest BCUT2D eigenvalue weighted by atomic mass is 9.73. The third-order valence-electron chi connectivity index (χ3n) is 6.36. The zero-order chi connectivity index (χ0) is 22.1. The minimum Gasteiger partial charge on any atom is -0.493 e. The van der Waals surface area contributed by atoms with Gasteiger partial charge >= 0.3 is 0 Å². The Morgan fingerprint density at radius 1 is 1.10 bits per heavy atom. The highest BCUT2D eigenvalue weighted by Crippen LogP contribution is 2.43. The lowest BCUT2D eigenvalue weighted by Crippen LogP contribution is -2.41. The molecule has 2 fully saturated rings. The number of amides is 1. The number of rotatable bonds is 8. The molecule has 7 heteroatoms. The van der Waals surface area contributed by atoms with Crippen molar-refractivity contribution in [1.82, 2.24) is 15.5 Å². The second-order valence-electron chi connectivity index (χ2n) is 8.63. The number of aliphatic imine (C=N–C) groups is 1. The molecule has 1 saturated heterocycles. The topological polar surface area (TPSA) is 75.2 Å². The van der Waals surface area contributed by atoms with Crippen molar-refractivity contribution in [2.24, 2.45) is 10.4 Å². The molecule has 3 rings (SSSR count). The highest BCUT2D eigenvalue weighted by Gasteiger charge is 2.39. The first-order valence-electron chi connectivity index (χ1n) is 11.7. The normalized spacial score (nSPS) is 18.2. The van der Waals surface area contributed by atoms with Crippen molar-refractivity contribution in [1.29, 1.82) is 0 Å². The third kappa shape index (κ3) is 6.28. The van der Waals surface area contributed by atoms with Crippen molar-refractivity contribution in [2.75, 3.05) is 39.9 Å². The van der Waals surface area contributed by atoms with Gasteiger partial charge in [0.05, 0.1) is 13.7 Å². The van der Waals surface area contributed by atoms with Gasteiger partial charge in [0, 0.05) is 26.2 Å². The number of hydrogen-bond donors (Lipinski definition) is 2. The summed E-state index contributed by atoms with van der Waals surface area (Å²) in [5.41, 5.74) is 1.55. The molecule has 1 aliphatic carbocycles. The van der Waals surface area contributed by atoms with Crippen LogP contribution in [0.1, 0.15) is 57.9 Å². The second-order valence-corrected chi connectivity index (χ2v) is 8.63. The van der Waals surface area contributed by atoms with Gasteiger partial charge in [0.1, 0.15) is 0 Å². The molecule has 7 nitrogen and oxygen atoms in total.